The quantitative estimate of drug-likeness (QED) is 0.776. The SMILES string of the molecule is CC1=C(C(=O)N(C)C)[C@@H](c2ccc(Cl)cc2)NC(=S)N1c1ccc(F)cc1. The van der Waals surface area contributed by atoms with E-state index in [2.05, 4.69) is 5.32 Å². The molecule has 3 rings (SSSR count). The molecule has 0 saturated carbocycles. The Balaban J connectivity index is 2.14. The van der Waals surface area contributed by atoms with Gasteiger partial charge in [0, 0.05) is 30.5 Å². The number of carbonyl (C=O) groups excluding carboxylic acids is 1. The second-order valence-electron chi connectivity index (χ2n) is 6.44. The van der Waals surface area contributed by atoms with Gasteiger partial charge >= 0.3 is 0 Å². The molecule has 0 saturated heterocycles. The summed E-state index contributed by atoms with van der Waals surface area (Å²) in [5.41, 5.74) is 2.83. The number of nitrogens with one attached hydrogen (secondary N) is 1. The number of hydrogen-bond donors (Lipinski definition) is 1. The number of halogens is 2. The van der Waals surface area contributed by atoms with Gasteiger partial charge in [0.25, 0.3) is 5.91 Å². The van der Waals surface area contributed by atoms with Crippen molar-refractivity contribution in [1.82, 2.24) is 10.2 Å². The number of thiocarbonyl (C=S) groups is 1. The molecule has 2 aromatic carbocycles. The van der Waals surface area contributed by atoms with E-state index in [4.69, 9.17) is 23.8 Å². The van der Waals surface area contributed by atoms with Gasteiger partial charge in [-0.1, -0.05) is 23.7 Å². The summed E-state index contributed by atoms with van der Waals surface area (Å²) in [5.74, 6) is -0.463. The van der Waals surface area contributed by atoms with Gasteiger partial charge < -0.3 is 10.2 Å². The first kappa shape index (κ1) is 19.3. The van der Waals surface area contributed by atoms with Gasteiger partial charge in [-0.3, -0.25) is 9.69 Å². The zero-order chi connectivity index (χ0) is 19.7. The summed E-state index contributed by atoms with van der Waals surface area (Å²) in [6.07, 6.45) is 0. The van der Waals surface area contributed by atoms with Gasteiger partial charge in [0.2, 0.25) is 0 Å². The normalized spacial score (nSPS) is 17.0. The van der Waals surface area contributed by atoms with Gasteiger partial charge in [-0.2, -0.15) is 0 Å². The molecule has 1 atom stereocenters. The number of anilines is 1. The number of hydrogen-bond acceptors (Lipinski definition) is 2. The fraction of sp³-hybridized carbons (Fsp3) is 0.200. The van der Waals surface area contributed by atoms with Crippen LogP contribution in [0, 0.1) is 5.82 Å². The topological polar surface area (TPSA) is 35.6 Å². The Bertz CT molecular complexity index is 910. The molecule has 140 valence electrons. The van der Waals surface area contributed by atoms with Crippen LogP contribution in [0.3, 0.4) is 0 Å². The van der Waals surface area contributed by atoms with Crippen molar-refractivity contribution in [3.05, 3.63) is 76.2 Å². The minimum atomic E-state index is -0.402. The molecular formula is C20H19ClFN3OS. The van der Waals surface area contributed by atoms with Gasteiger partial charge in [0.1, 0.15) is 5.82 Å². The van der Waals surface area contributed by atoms with Gasteiger partial charge in [0.15, 0.2) is 5.11 Å². The summed E-state index contributed by atoms with van der Waals surface area (Å²) in [7, 11) is 3.41. The Morgan fingerprint density at radius 3 is 2.30 bits per heavy atom. The molecule has 1 N–H and O–H groups in total. The van der Waals surface area contributed by atoms with Gasteiger partial charge in [0.05, 0.1) is 11.6 Å². The Hall–Kier alpha value is -2.44. The predicted octanol–water partition coefficient (Wildman–Crippen LogP) is 4.28. The lowest BCUT2D eigenvalue weighted by atomic mass is 9.94. The highest BCUT2D eigenvalue weighted by Crippen LogP contribution is 2.34. The molecule has 0 unspecified atom stereocenters. The van der Waals surface area contributed by atoms with Crippen LogP contribution in [-0.4, -0.2) is 30.0 Å². The largest absolute Gasteiger partial charge is 0.351 e. The standard InChI is InChI=1S/C20H19ClFN3OS/c1-12-17(19(26)24(2)3)18(13-4-6-14(21)7-5-13)23-20(27)25(12)16-10-8-15(22)9-11-16/h4-11,18H,1-3H3,(H,23,27)/t18-/m1/s1. The maximum atomic E-state index is 13.3. The number of carbonyl (C=O) groups is 1. The van der Waals surface area contributed by atoms with E-state index in [0.29, 0.717) is 27.1 Å². The molecule has 0 fully saturated rings. The zero-order valence-electron chi connectivity index (χ0n) is 15.2. The van der Waals surface area contributed by atoms with Gasteiger partial charge in [-0.25, -0.2) is 4.39 Å². The van der Waals surface area contributed by atoms with Crippen molar-refractivity contribution >= 4 is 40.5 Å². The van der Waals surface area contributed by atoms with Crippen molar-refractivity contribution < 1.29 is 9.18 Å². The molecule has 0 spiro atoms. The van der Waals surface area contributed by atoms with Crippen LogP contribution in [0.1, 0.15) is 18.5 Å². The number of rotatable bonds is 3. The summed E-state index contributed by atoms with van der Waals surface area (Å²) >= 11 is 11.6. The molecule has 0 bridgehead atoms. The van der Waals surface area contributed by atoms with Crippen LogP contribution in [0.4, 0.5) is 10.1 Å². The summed E-state index contributed by atoms with van der Waals surface area (Å²) < 4.78 is 13.3. The fourth-order valence-corrected chi connectivity index (χ4v) is 3.55. The summed E-state index contributed by atoms with van der Waals surface area (Å²) in [5, 5.41) is 4.30. The van der Waals surface area contributed by atoms with E-state index in [1.165, 1.54) is 17.0 Å². The van der Waals surface area contributed by atoms with Crippen molar-refractivity contribution in [3.63, 3.8) is 0 Å². The number of allylic oxidation sites excluding steroid dienone is 1. The van der Waals surface area contributed by atoms with Crippen LogP contribution in [0.15, 0.2) is 59.8 Å². The van der Waals surface area contributed by atoms with E-state index < -0.39 is 6.04 Å². The minimum Gasteiger partial charge on any atom is -0.351 e. The highest BCUT2D eigenvalue weighted by molar-refractivity contribution is 7.80. The Labute approximate surface area is 168 Å². The molecule has 1 aliphatic rings. The highest BCUT2D eigenvalue weighted by atomic mass is 35.5. The van der Waals surface area contributed by atoms with E-state index >= 15 is 0 Å². The summed E-state index contributed by atoms with van der Waals surface area (Å²) in [6.45, 7) is 1.84. The van der Waals surface area contributed by atoms with Crippen LogP contribution in [-0.2, 0) is 4.79 Å². The lowest BCUT2D eigenvalue weighted by Gasteiger charge is -2.38. The van der Waals surface area contributed by atoms with Crippen molar-refractivity contribution in [3.8, 4) is 0 Å². The lowest BCUT2D eigenvalue weighted by Crippen LogP contribution is -2.49. The van der Waals surface area contributed by atoms with Crippen LogP contribution in [0.2, 0.25) is 5.02 Å². The molecular weight excluding hydrogens is 385 g/mol. The number of nitrogens with zero attached hydrogens (tertiary/aromatic N) is 2. The average molecular weight is 404 g/mol. The third-order valence-electron chi connectivity index (χ3n) is 4.41. The van der Waals surface area contributed by atoms with E-state index in [0.717, 1.165) is 5.56 Å². The maximum Gasteiger partial charge on any atom is 0.253 e. The van der Waals surface area contributed by atoms with E-state index in [1.54, 1.807) is 43.3 Å². The second kappa shape index (κ2) is 7.66. The number of benzene rings is 2. The molecule has 2 aromatic rings. The first-order valence-electron chi connectivity index (χ1n) is 8.33. The third kappa shape index (κ3) is 3.82. The van der Waals surface area contributed by atoms with Crippen molar-refractivity contribution in [2.24, 2.45) is 0 Å². The van der Waals surface area contributed by atoms with Crippen LogP contribution < -0.4 is 10.2 Å². The Morgan fingerprint density at radius 2 is 1.74 bits per heavy atom. The van der Waals surface area contributed by atoms with Crippen LogP contribution in [0.5, 0.6) is 0 Å². The van der Waals surface area contributed by atoms with Crippen LogP contribution in [0.25, 0.3) is 0 Å². The molecule has 1 aliphatic heterocycles. The smallest absolute Gasteiger partial charge is 0.253 e. The monoisotopic (exact) mass is 403 g/mol. The lowest BCUT2D eigenvalue weighted by molar-refractivity contribution is -0.125. The fourth-order valence-electron chi connectivity index (χ4n) is 3.07. The Morgan fingerprint density at radius 1 is 1.15 bits per heavy atom. The van der Waals surface area contributed by atoms with Crippen molar-refractivity contribution in [2.75, 3.05) is 19.0 Å². The third-order valence-corrected chi connectivity index (χ3v) is 4.96. The van der Waals surface area contributed by atoms with E-state index in [9.17, 15) is 9.18 Å². The maximum absolute atomic E-state index is 13.3. The molecule has 27 heavy (non-hydrogen) atoms. The second-order valence-corrected chi connectivity index (χ2v) is 7.27. The van der Waals surface area contributed by atoms with Gasteiger partial charge in [-0.15, -0.1) is 0 Å². The Kier molecular flexibility index (Phi) is 5.48. The first-order chi connectivity index (χ1) is 12.8. The molecule has 4 nitrogen and oxygen atoms in total. The highest BCUT2D eigenvalue weighted by Gasteiger charge is 2.35. The molecule has 1 amide bonds. The number of likely N-dealkylation sites (N-methyl/N-ethyl adjacent to an activating group) is 1. The summed E-state index contributed by atoms with van der Waals surface area (Å²) in [6, 6.07) is 12.9. The molecule has 7 heteroatoms. The molecule has 0 aromatic heterocycles. The molecule has 0 aliphatic carbocycles. The predicted molar refractivity (Wildman–Crippen MR) is 110 cm³/mol. The van der Waals surface area contributed by atoms with E-state index in [1.807, 2.05) is 19.1 Å². The molecule has 0 radical (unpaired) electrons. The average Bonchev–Trinajstić information content (AvgIpc) is 2.63. The van der Waals surface area contributed by atoms with Crippen LogP contribution >= 0.6 is 23.8 Å². The minimum absolute atomic E-state index is 0.130. The van der Waals surface area contributed by atoms with Crippen molar-refractivity contribution in [2.45, 2.75) is 13.0 Å². The number of amides is 1. The molecule has 1 heterocycles. The van der Waals surface area contributed by atoms with Crippen molar-refractivity contribution in [1.29, 1.82) is 0 Å². The van der Waals surface area contributed by atoms with Gasteiger partial charge in [-0.05, 0) is 61.1 Å². The summed E-state index contributed by atoms with van der Waals surface area (Å²) in [4.78, 5) is 16.2. The first-order valence-corrected chi connectivity index (χ1v) is 9.12. The zero-order valence-corrected chi connectivity index (χ0v) is 16.7. The van der Waals surface area contributed by atoms with E-state index in [-0.39, 0.29) is 11.7 Å².